The number of allylic oxidation sites excluding steroid dienone is 1. The molecule has 0 aromatic heterocycles. The Kier molecular flexibility index (Phi) is 5.57. The second kappa shape index (κ2) is 6.70. The van der Waals surface area contributed by atoms with E-state index in [2.05, 4.69) is 20.4 Å². The van der Waals surface area contributed by atoms with Gasteiger partial charge < -0.3 is 4.74 Å². The lowest BCUT2D eigenvalue weighted by Gasteiger charge is -2.17. The van der Waals surface area contributed by atoms with Gasteiger partial charge in [0.15, 0.2) is 0 Å². The average molecular weight is 253 g/mol. The Morgan fingerprint density at radius 2 is 2.18 bits per heavy atom. The van der Waals surface area contributed by atoms with Crippen molar-refractivity contribution in [1.29, 1.82) is 0 Å². The topological polar surface area (TPSA) is 9.23 Å². The molecule has 1 rings (SSSR count). The predicted molar refractivity (Wildman–Crippen MR) is 75.2 cm³/mol. The molecule has 94 valence electrons. The van der Waals surface area contributed by atoms with Gasteiger partial charge in [-0.05, 0) is 48.9 Å². The van der Waals surface area contributed by atoms with Crippen LogP contribution in [-0.4, -0.2) is 6.61 Å². The molecule has 0 radical (unpaired) electrons. The molecule has 0 spiro atoms. The highest BCUT2D eigenvalue weighted by atomic mass is 35.5. The Hall–Kier alpha value is -0.950. The van der Waals surface area contributed by atoms with Crippen molar-refractivity contribution < 1.29 is 4.74 Å². The summed E-state index contributed by atoms with van der Waals surface area (Å²) in [7, 11) is 0. The predicted octanol–water partition coefficient (Wildman–Crippen LogP) is 5.12. The van der Waals surface area contributed by atoms with Crippen molar-refractivity contribution in [1.82, 2.24) is 0 Å². The Balaban J connectivity index is 3.05. The highest BCUT2D eigenvalue weighted by Crippen LogP contribution is 2.33. The van der Waals surface area contributed by atoms with Crippen LogP contribution in [0.4, 0.5) is 0 Å². The lowest BCUT2D eigenvalue weighted by molar-refractivity contribution is 0.312. The van der Waals surface area contributed by atoms with Crippen LogP contribution in [0.2, 0.25) is 5.02 Å². The molecular formula is C15H21ClO. The zero-order valence-corrected chi connectivity index (χ0v) is 11.7. The molecule has 2 heteroatoms. The minimum Gasteiger partial charge on any atom is -0.493 e. The number of benzene rings is 1. The van der Waals surface area contributed by atoms with Crippen molar-refractivity contribution in [2.45, 2.75) is 39.5 Å². The summed E-state index contributed by atoms with van der Waals surface area (Å²) >= 11 is 6.18. The van der Waals surface area contributed by atoms with Crippen LogP contribution in [0.15, 0.2) is 24.8 Å². The minimum absolute atomic E-state index is 0.387. The van der Waals surface area contributed by atoms with Crippen molar-refractivity contribution in [2.75, 3.05) is 6.61 Å². The summed E-state index contributed by atoms with van der Waals surface area (Å²) in [5.41, 5.74) is 2.24. The van der Waals surface area contributed by atoms with Crippen LogP contribution >= 0.6 is 11.6 Å². The summed E-state index contributed by atoms with van der Waals surface area (Å²) in [6.45, 7) is 10.8. The van der Waals surface area contributed by atoms with Gasteiger partial charge in [-0.25, -0.2) is 0 Å². The van der Waals surface area contributed by atoms with E-state index in [0.717, 1.165) is 35.8 Å². The van der Waals surface area contributed by atoms with Crippen LogP contribution in [-0.2, 0) is 0 Å². The molecule has 0 saturated heterocycles. The van der Waals surface area contributed by atoms with Gasteiger partial charge in [0.05, 0.1) is 6.61 Å². The number of rotatable bonds is 6. The normalized spacial score (nSPS) is 12.2. The quantitative estimate of drug-likeness (QED) is 0.639. The van der Waals surface area contributed by atoms with Crippen molar-refractivity contribution in [3.63, 3.8) is 0 Å². The maximum atomic E-state index is 6.18. The summed E-state index contributed by atoms with van der Waals surface area (Å²) in [6.07, 6.45) is 3.88. The van der Waals surface area contributed by atoms with Gasteiger partial charge in [0.25, 0.3) is 0 Å². The van der Waals surface area contributed by atoms with Crippen LogP contribution in [0.1, 0.15) is 43.7 Å². The summed E-state index contributed by atoms with van der Waals surface area (Å²) in [5, 5.41) is 0.805. The molecule has 0 heterocycles. The van der Waals surface area contributed by atoms with Crippen LogP contribution in [0, 0.1) is 6.92 Å². The molecule has 0 aliphatic heterocycles. The fourth-order valence-corrected chi connectivity index (χ4v) is 1.94. The van der Waals surface area contributed by atoms with Gasteiger partial charge >= 0.3 is 0 Å². The van der Waals surface area contributed by atoms with E-state index in [-0.39, 0.29) is 0 Å². The molecular weight excluding hydrogens is 232 g/mol. The molecule has 0 amide bonds. The van der Waals surface area contributed by atoms with Crippen molar-refractivity contribution in [3.8, 4) is 5.75 Å². The van der Waals surface area contributed by atoms with E-state index < -0.39 is 0 Å². The van der Waals surface area contributed by atoms with E-state index in [9.17, 15) is 0 Å². The molecule has 0 saturated carbocycles. The smallest absolute Gasteiger partial charge is 0.123 e. The molecule has 1 unspecified atom stereocenters. The van der Waals surface area contributed by atoms with E-state index in [4.69, 9.17) is 16.3 Å². The third kappa shape index (κ3) is 3.78. The Morgan fingerprint density at radius 3 is 2.76 bits per heavy atom. The first-order valence-electron chi connectivity index (χ1n) is 6.13. The molecule has 17 heavy (non-hydrogen) atoms. The fourth-order valence-electron chi connectivity index (χ4n) is 1.77. The van der Waals surface area contributed by atoms with Gasteiger partial charge in [-0.3, -0.25) is 0 Å². The second-order valence-electron chi connectivity index (χ2n) is 4.41. The van der Waals surface area contributed by atoms with Gasteiger partial charge in [-0.15, -0.1) is 6.58 Å². The zero-order chi connectivity index (χ0) is 12.8. The minimum atomic E-state index is 0.387. The van der Waals surface area contributed by atoms with Crippen LogP contribution in [0.25, 0.3) is 0 Å². The maximum absolute atomic E-state index is 6.18. The van der Waals surface area contributed by atoms with Crippen LogP contribution < -0.4 is 4.74 Å². The summed E-state index contributed by atoms with van der Waals surface area (Å²) in [5.74, 6) is 1.35. The second-order valence-corrected chi connectivity index (χ2v) is 4.82. The third-order valence-corrected chi connectivity index (χ3v) is 3.21. The highest BCUT2D eigenvalue weighted by Gasteiger charge is 2.13. The van der Waals surface area contributed by atoms with Crippen molar-refractivity contribution in [2.24, 2.45) is 0 Å². The van der Waals surface area contributed by atoms with E-state index in [0.29, 0.717) is 5.92 Å². The first-order chi connectivity index (χ1) is 8.10. The van der Waals surface area contributed by atoms with Crippen LogP contribution in [0.3, 0.4) is 0 Å². The van der Waals surface area contributed by atoms with Gasteiger partial charge in [0.2, 0.25) is 0 Å². The molecule has 0 bridgehead atoms. The Bertz CT molecular complexity index is 385. The van der Waals surface area contributed by atoms with E-state index in [1.807, 2.05) is 25.1 Å². The first kappa shape index (κ1) is 14.1. The summed E-state index contributed by atoms with van der Waals surface area (Å²) in [6, 6.07) is 4.06. The zero-order valence-electron chi connectivity index (χ0n) is 10.9. The maximum Gasteiger partial charge on any atom is 0.123 e. The molecule has 0 fully saturated rings. The average Bonchev–Trinajstić information content (AvgIpc) is 2.30. The molecule has 1 nitrogen and oxygen atoms in total. The van der Waals surface area contributed by atoms with Crippen molar-refractivity contribution >= 4 is 11.6 Å². The molecule has 0 aliphatic rings. The van der Waals surface area contributed by atoms with Gasteiger partial charge in [0, 0.05) is 5.02 Å². The van der Waals surface area contributed by atoms with E-state index in [1.165, 1.54) is 5.56 Å². The van der Waals surface area contributed by atoms with Crippen molar-refractivity contribution in [3.05, 3.63) is 40.9 Å². The number of hydrogen-bond acceptors (Lipinski definition) is 1. The Morgan fingerprint density at radius 1 is 1.47 bits per heavy atom. The number of halogens is 1. The summed E-state index contributed by atoms with van der Waals surface area (Å²) in [4.78, 5) is 0. The lowest BCUT2D eigenvalue weighted by atomic mass is 9.96. The largest absolute Gasteiger partial charge is 0.493 e. The lowest BCUT2D eigenvalue weighted by Crippen LogP contribution is -2.02. The summed E-state index contributed by atoms with van der Waals surface area (Å²) < 4.78 is 5.80. The van der Waals surface area contributed by atoms with Gasteiger partial charge in [-0.2, -0.15) is 0 Å². The van der Waals surface area contributed by atoms with Gasteiger partial charge in [-0.1, -0.05) is 31.5 Å². The van der Waals surface area contributed by atoms with Gasteiger partial charge in [0.1, 0.15) is 5.75 Å². The molecule has 1 aromatic rings. The monoisotopic (exact) mass is 252 g/mol. The van der Waals surface area contributed by atoms with E-state index in [1.54, 1.807) is 0 Å². The highest BCUT2D eigenvalue weighted by molar-refractivity contribution is 6.31. The Labute approximate surface area is 109 Å². The number of hydrogen-bond donors (Lipinski definition) is 0. The molecule has 1 atom stereocenters. The molecule has 0 aliphatic carbocycles. The SMILES string of the molecule is C=CCC(C)c1cc(Cl)c(C)cc1OCCC. The number of ether oxygens (including phenoxy) is 1. The standard InChI is InChI=1S/C15H21ClO/c1-5-7-11(3)13-10-14(16)12(4)9-15(13)17-8-6-2/h5,9-11H,1,6-8H2,2-4H3. The third-order valence-electron chi connectivity index (χ3n) is 2.80. The molecule has 0 N–H and O–H groups in total. The fraction of sp³-hybridized carbons (Fsp3) is 0.467. The van der Waals surface area contributed by atoms with Crippen LogP contribution in [0.5, 0.6) is 5.75 Å². The first-order valence-corrected chi connectivity index (χ1v) is 6.51. The van der Waals surface area contributed by atoms with E-state index >= 15 is 0 Å². The number of aryl methyl sites for hydroxylation is 1. The molecule has 1 aromatic carbocycles.